The van der Waals surface area contributed by atoms with E-state index < -0.39 is 0 Å². The predicted molar refractivity (Wildman–Crippen MR) is 76.4 cm³/mol. The minimum absolute atomic E-state index is 0.114. The van der Waals surface area contributed by atoms with Crippen LogP contribution in [0.1, 0.15) is 17.9 Å². The van der Waals surface area contributed by atoms with Crippen molar-refractivity contribution in [1.82, 2.24) is 0 Å². The van der Waals surface area contributed by atoms with Crippen LogP contribution in [0.2, 0.25) is 0 Å². The molecule has 0 bridgehead atoms. The van der Waals surface area contributed by atoms with Crippen molar-refractivity contribution in [3.63, 3.8) is 0 Å². The molecule has 2 aromatic carbocycles. The lowest BCUT2D eigenvalue weighted by Gasteiger charge is -2.14. The summed E-state index contributed by atoms with van der Waals surface area (Å²) in [5.74, 6) is 1.25. The van der Waals surface area contributed by atoms with Crippen LogP contribution in [0.5, 0.6) is 5.75 Å². The first-order valence-electron chi connectivity index (χ1n) is 6.62. The van der Waals surface area contributed by atoms with Gasteiger partial charge < -0.3 is 15.6 Å². The van der Waals surface area contributed by atoms with Gasteiger partial charge in [-0.3, -0.25) is 0 Å². The van der Waals surface area contributed by atoms with E-state index in [1.165, 1.54) is 10.9 Å². The summed E-state index contributed by atoms with van der Waals surface area (Å²) in [6.45, 7) is 0.697. The maximum atomic E-state index is 9.56. The molecule has 2 atom stereocenters. The lowest BCUT2D eigenvalue weighted by atomic mass is 9.95. The van der Waals surface area contributed by atoms with Gasteiger partial charge in [-0.2, -0.15) is 0 Å². The fourth-order valence-electron chi connectivity index (χ4n) is 3.03. The maximum Gasteiger partial charge on any atom is 0.126 e. The fourth-order valence-corrected chi connectivity index (χ4v) is 3.03. The van der Waals surface area contributed by atoms with Crippen LogP contribution in [0.15, 0.2) is 36.4 Å². The number of aliphatic hydroxyl groups is 1. The van der Waals surface area contributed by atoms with Gasteiger partial charge in [-0.15, -0.1) is 0 Å². The van der Waals surface area contributed by atoms with Crippen molar-refractivity contribution in [1.29, 1.82) is 0 Å². The zero-order chi connectivity index (χ0) is 13.5. The lowest BCUT2D eigenvalue weighted by Crippen LogP contribution is -2.21. The van der Waals surface area contributed by atoms with Crippen molar-refractivity contribution in [2.24, 2.45) is 11.1 Å². The molecule has 2 unspecified atom stereocenters. The van der Waals surface area contributed by atoms with Crippen molar-refractivity contribution in [2.75, 3.05) is 20.3 Å². The van der Waals surface area contributed by atoms with Gasteiger partial charge in [0, 0.05) is 17.3 Å². The number of hydrogen-bond donors (Lipinski definition) is 2. The second-order valence-corrected chi connectivity index (χ2v) is 5.38. The Kier molecular flexibility index (Phi) is 2.96. The Morgan fingerprint density at radius 3 is 2.58 bits per heavy atom. The van der Waals surface area contributed by atoms with Crippen molar-refractivity contribution in [3.05, 3.63) is 42.0 Å². The third kappa shape index (κ3) is 1.81. The molecular formula is C16H19NO2. The van der Waals surface area contributed by atoms with Crippen molar-refractivity contribution in [3.8, 4) is 5.75 Å². The zero-order valence-corrected chi connectivity index (χ0v) is 11.1. The molecule has 3 nitrogen and oxygen atoms in total. The van der Waals surface area contributed by atoms with Gasteiger partial charge in [-0.05, 0) is 29.4 Å². The fraction of sp³-hybridized carbons (Fsp3) is 0.375. The molecule has 0 aliphatic heterocycles. The summed E-state index contributed by atoms with van der Waals surface area (Å²) in [5, 5.41) is 11.9. The standard InChI is InChI=1S/C16H19NO2/c1-19-15-7-6-12(11-4-2-3-5-13(11)15)14-8-16(14,9-17)10-18/h2-7,14,18H,8-10,17H2,1H3. The average molecular weight is 257 g/mol. The summed E-state index contributed by atoms with van der Waals surface area (Å²) < 4.78 is 5.41. The summed E-state index contributed by atoms with van der Waals surface area (Å²) in [6.07, 6.45) is 0.969. The first-order valence-corrected chi connectivity index (χ1v) is 6.62. The molecule has 1 saturated carbocycles. The topological polar surface area (TPSA) is 55.5 Å². The number of hydrogen-bond acceptors (Lipinski definition) is 3. The highest BCUT2D eigenvalue weighted by Gasteiger charge is 2.53. The van der Waals surface area contributed by atoms with Crippen molar-refractivity contribution in [2.45, 2.75) is 12.3 Å². The van der Waals surface area contributed by atoms with Crippen LogP contribution >= 0.6 is 0 Å². The third-order valence-electron chi connectivity index (χ3n) is 4.42. The van der Waals surface area contributed by atoms with E-state index in [-0.39, 0.29) is 12.0 Å². The van der Waals surface area contributed by atoms with Crippen LogP contribution < -0.4 is 10.5 Å². The molecule has 3 N–H and O–H groups in total. The number of benzene rings is 2. The Morgan fingerprint density at radius 2 is 2.00 bits per heavy atom. The number of ether oxygens (including phenoxy) is 1. The van der Waals surface area contributed by atoms with Crippen molar-refractivity contribution < 1.29 is 9.84 Å². The van der Waals surface area contributed by atoms with E-state index in [9.17, 15) is 5.11 Å². The Bertz CT molecular complexity index is 605. The normalized spacial score (nSPS) is 25.5. The number of methoxy groups -OCH3 is 1. The molecule has 100 valence electrons. The van der Waals surface area contributed by atoms with Gasteiger partial charge in [0.05, 0.1) is 13.7 Å². The molecular weight excluding hydrogens is 238 g/mol. The highest BCUT2D eigenvalue weighted by Crippen LogP contribution is 2.59. The van der Waals surface area contributed by atoms with Gasteiger partial charge in [0.1, 0.15) is 5.75 Å². The molecule has 0 spiro atoms. The molecule has 19 heavy (non-hydrogen) atoms. The Labute approximate surface area is 113 Å². The molecule has 3 rings (SSSR count). The zero-order valence-electron chi connectivity index (χ0n) is 11.1. The summed E-state index contributed by atoms with van der Waals surface area (Å²) in [4.78, 5) is 0. The molecule has 0 heterocycles. The van der Waals surface area contributed by atoms with Gasteiger partial charge >= 0.3 is 0 Å². The van der Waals surface area contributed by atoms with Gasteiger partial charge in [0.15, 0.2) is 0 Å². The summed E-state index contributed by atoms with van der Waals surface area (Å²) in [7, 11) is 1.69. The second-order valence-electron chi connectivity index (χ2n) is 5.38. The van der Waals surface area contributed by atoms with E-state index in [0.717, 1.165) is 17.6 Å². The summed E-state index contributed by atoms with van der Waals surface area (Å²) in [6, 6.07) is 12.4. The van der Waals surface area contributed by atoms with Crippen LogP contribution in [-0.2, 0) is 0 Å². The molecule has 3 heteroatoms. The molecule has 0 aromatic heterocycles. The number of aliphatic hydroxyl groups excluding tert-OH is 1. The van der Waals surface area contributed by atoms with E-state index in [0.29, 0.717) is 12.5 Å². The highest BCUT2D eigenvalue weighted by atomic mass is 16.5. The number of nitrogens with two attached hydrogens (primary N) is 1. The van der Waals surface area contributed by atoms with Gasteiger partial charge in [0.2, 0.25) is 0 Å². The summed E-state index contributed by atoms with van der Waals surface area (Å²) >= 11 is 0. The molecule has 2 aromatic rings. The second kappa shape index (κ2) is 4.51. The van der Waals surface area contributed by atoms with E-state index in [1.807, 2.05) is 18.2 Å². The van der Waals surface area contributed by atoms with Crippen LogP contribution in [0.4, 0.5) is 0 Å². The minimum atomic E-state index is -0.114. The Hall–Kier alpha value is -1.58. The SMILES string of the molecule is COc1ccc(C2CC2(CN)CO)c2ccccc12. The highest BCUT2D eigenvalue weighted by molar-refractivity contribution is 5.91. The van der Waals surface area contributed by atoms with Crippen LogP contribution in [-0.4, -0.2) is 25.4 Å². The van der Waals surface area contributed by atoms with Crippen molar-refractivity contribution >= 4 is 10.8 Å². The van der Waals surface area contributed by atoms with Gasteiger partial charge in [-0.25, -0.2) is 0 Å². The van der Waals surface area contributed by atoms with E-state index in [4.69, 9.17) is 10.5 Å². The number of rotatable bonds is 4. The average Bonchev–Trinajstić information content (AvgIpc) is 3.21. The Morgan fingerprint density at radius 1 is 1.26 bits per heavy atom. The number of fused-ring (bicyclic) bond motifs is 1. The molecule has 0 radical (unpaired) electrons. The molecule has 0 amide bonds. The lowest BCUT2D eigenvalue weighted by molar-refractivity contribution is 0.212. The van der Waals surface area contributed by atoms with E-state index in [2.05, 4.69) is 18.2 Å². The van der Waals surface area contributed by atoms with Gasteiger partial charge in [0.25, 0.3) is 0 Å². The molecule has 1 aliphatic carbocycles. The summed E-state index contributed by atoms with van der Waals surface area (Å²) in [5.41, 5.74) is 6.98. The van der Waals surface area contributed by atoms with E-state index in [1.54, 1.807) is 7.11 Å². The van der Waals surface area contributed by atoms with E-state index >= 15 is 0 Å². The smallest absolute Gasteiger partial charge is 0.126 e. The monoisotopic (exact) mass is 257 g/mol. The van der Waals surface area contributed by atoms with Crippen LogP contribution in [0.3, 0.4) is 0 Å². The maximum absolute atomic E-state index is 9.56. The minimum Gasteiger partial charge on any atom is -0.496 e. The Balaban J connectivity index is 2.12. The first kappa shape index (κ1) is 12.5. The van der Waals surface area contributed by atoms with Crippen LogP contribution in [0.25, 0.3) is 10.8 Å². The molecule has 0 saturated heterocycles. The quantitative estimate of drug-likeness (QED) is 0.883. The predicted octanol–water partition coefficient (Wildman–Crippen LogP) is 2.27. The third-order valence-corrected chi connectivity index (χ3v) is 4.42. The molecule has 1 aliphatic rings. The largest absolute Gasteiger partial charge is 0.496 e. The molecule has 1 fully saturated rings. The van der Waals surface area contributed by atoms with Gasteiger partial charge in [-0.1, -0.05) is 30.3 Å². The first-order chi connectivity index (χ1) is 9.25. The van der Waals surface area contributed by atoms with Crippen LogP contribution in [0, 0.1) is 5.41 Å².